The van der Waals surface area contributed by atoms with Crippen LogP contribution in [0.25, 0.3) is 0 Å². The number of ether oxygens (including phenoxy) is 2. The third-order valence-electron chi connectivity index (χ3n) is 3.53. The first-order chi connectivity index (χ1) is 11.5. The van der Waals surface area contributed by atoms with Gasteiger partial charge in [0.15, 0.2) is 5.69 Å². The standard InChI is InChI=1S/C15H16F3N3O3/c16-15(17,18)13-1-3-19-14(20-13)24-10-12-8-21(4-6-23-12)7-11-2-5-22-9-11/h1-3,5,9,12H,4,6-8,10H2. The second-order valence-electron chi connectivity index (χ2n) is 5.39. The molecule has 130 valence electrons. The van der Waals surface area contributed by atoms with Gasteiger partial charge in [-0.1, -0.05) is 0 Å². The zero-order valence-electron chi connectivity index (χ0n) is 12.7. The Morgan fingerprint density at radius 2 is 2.21 bits per heavy atom. The molecular formula is C15H16F3N3O3. The van der Waals surface area contributed by atoms with E-state index in [1.54, 1.807) is 12.5 Å². The normalized spacial score (nSPS) is 19.4. The molecule has 24 heavy (non-hydrogen) atoms. The van der Waals surface area contributed by atoms with Gasteiger partial charge in [-0.3, -0.25) is 4.90 Å². The molecule has 0 bridgehead atoms. The van der Waals surface area contributed by atoms with Crippen LogP contribution < -0.4 is 4.74 Å². The topological polar surface area (TPSA) is 60.6 Å². The molecule has 2 aromatic rings. The van der Waals surface area contributed by atoms with Crippen molar-refractivity contribution in [3.05, 3.63) is 42.1 Å². The van der Waals surface area contributed by atoms with Crippen LogP contribution in [-0.4, -0.2) is 47.3 Å². The molecule has 9 heteroatoms. The lowest BCUT2D eigenvalue weighted by molar-refractivity contribution is -0.141. The van der Waals surface area contributed by atoms with E-state index in [0.717, 1.165) is 30.9 Å². The van der Waals surface area contributed by atoms with E-state index in [2.05, 4.69) is 14.9 Å². The van der Waals surface area contributed by atoms with Crippen LogP contribution in [0.1, 0.15) is 11.3 Å². The van der Waals surface area contributed by atoms with Gasteiger partial charge in [0.05, 0.1) is 19.1 Å². The van der Waals surface area contributed by atoms with E-state index in [0.29, 0.717) is 13.2 Å². The predicted molar refractivity (Wildman–Crippen MR) is 76.3 cm³/mol. The number of hydrogen-bond donors (Lipinski definition) is 0. The Labute approximate surface area is 136 Å². The van der Waals surface area contributed by atoms with Crippen molar-refractivity contribution in [1.29, 1.82) is 0 Å². The molecule has 0 aliphatic carbocycles. The van der Waals surface area contributed by atoms with Crippen LogP contribution in [0.4, 0.5) is 13.2 Å². The lowest BCUT2D eigenvalue weighted by Gasteiger charge is -2.32. The van der Waals surface area contributed by atoms with Crippen LogP contribution in [0.15, 0.2) is 35.3 Å². The highest BCUT2D eigenvalue weighted by Crippen LogP contribution is 2.27. The first-order valence-electron chi connectivity index (χ1n) is 7.39. The van der Waals surface area contributed by atoms with Crippen LogP contribution >= 0.6 is 0 Å². The summed E-state index contributed by atoms with van der Waals surface area (Å²) in [6.45, 7) is 2.70. The molecule has 1 fully saturated rings. The van der Waals surface area contributed by atoms with Crippen LogP contribution in [0.5, 0.6) is 6.01 Å². The Morgan fingerprint density at radius 1 is 1.33 bits per heavy atom. The SMILES string of the molecule is FC(F)(F)c1ccnc(OCC2CN(Cc3ccoc3)CCO2)n1. The predicted octanol–water partition coefficient (Wildman–Crippen LogP) is 2.37. The van der Waals surface area contributed by atoms with Crippen molar-refractivity contribution in [1.82, 2.24) is 14.9 Å². The minimum atomic E-state index is -4.52. The highest BCUT2D eigenvalue weighted by atomic mass is 19.4. The summed E-state index contributed by atoms with van der Waals surface area (Å²) < 4.78 is 53.7. The van der Waals surface area contributed by atoms with Crippen molar-refractivity contribution in [3.8, 4) is 6.01 Å². The lowest BCUT2D eigenvalue weighted by atomic mass is 10.2. The number of rotatable bonds is 5. The van der Waals surface area contributed by atoms with Gasteiger partial charge in [-0.15, -0.1) is 0 Å². The van der Waals surface area contributed by atoms with Gasteiger partial charge in [-0.25, -0.2) is 4.98 Å². The first-order valence-corrected chi connectivity index (χ1v) is 7.39. The molecule has 0 saturated carbocycles. The van der Waals surface area contributed by atoms with Crippen molar-refractivity contribution in [2.75, 3.05) is 26.3 Å². The molecule has 0 aromatic carbocycles. The van der Waals surface area contributed by atoms with Gasteiger partial charge in [0.1, 0.15) is 12.7 Å². The maximum absolute atomic E-state index is 12.6. The largest absolute Gasteiger partial charge is 0.472 e. The molecule has 0 radical (unpaired) electrons. The average Bonchev–Trinajstić information content (AvgIpc) is 3.06. The number of alkyl halides is 3. The molecule has 1 saturated heterocycles. The van der Waals surface area contributed by atoms with E-state index in [-0.39, 0.29) is 18.7 Å². The van der Waals surface area contributed by atoms with E-state index in [1.807, 2.05) is 6.07 Å². The van der Waals surface area contributed by atoms with Gasteiger partial charge in [0, 0.05) is 31.4 Å². The zero-order chi connectivity index (χ0) is 17.0. The smallest absolute Gasteiger partial charge is 0.433 e. The van der Waals surface area contributed by atoms with Gasteiger partial charge >= 0.3 is 12.2 Å². The molecule has 1 atom stereocenters. The Balaban J connectivity index is 1.53. The molecule has 3 heterocycles. The van der Waals surface area contributed by atoms with Crippen LogP contribution in [0.3, 0.4) is 0 Å². The van der Waals surface area contributed by atoms with Crippen LogP contribution in [-0.2, 0) is 17.5 Å². The average molecular weight is 343 g/mol. The minimum absolute atomic E-state index is 0.0865. The third kappa shape index (κ3) is 4.45. The summed E-state index contributed by atoms with van der Waals surface area (Å²) >= 11 is 0. The minimum Gasteiger partial charge on any atom is -0.472 e. The van der Waals surface area contributed by atoms with Crippen LogP contribution in [0.2, 0.25) is 0 Å². The number of nitrogens with zero attached hydrogens (tertiary/aromatic N) is 3. The van der Waals surface area contributed by atoms with Gasteiger partial charge in [-0.05, 0) is 12.1 Å². The molecule has 1 unspecified atom stereocenters. The summed E-state index contributed by atoms with van der Waals surface area (Å²) in [6, 6.07) is 2.38. The Hall–Kier alpha value is -2.13. The van der Waals surface area contributed by atoms with Gasteiger partial charge < -0.3 is 13.9 Å². The van der Waals surface area contributed by atoms with Crippen molar-refractivity contribution >= 4 is 0 Å². The monoisotopic (exact) mass is 343 g/mol. The van der Waals surface area contributed by atoms with E-state index in [4.69, 9.17) is 13.9 Å². The summed E-state index contributed by atoms with van der Waals surface area (Å²) in [5.74, 6) is 0. The zero-order valence-corrected chi connectivity index (χ0v) is 12.7. The second kappa shape index (κ2) is 7.18. The maximum atomic E-state index is 12.6. The maximum Gasteiger partial charge on any atom is 0.433 e. The van der Waals surface area contributed by atoms with Gasteiger partial charge in [-0.2, -0.15) is 18.2 Å². The van der Waals surface area contributed by atoms with Gasteiger partial charge in [0.25, 0.3) is 0 Å². The Bertz CT molecular complexity index is 649. The molecule has 1 aliphatic rings. The molecule has 0 spiro atoms. The molecule has 2 aromatic heterocycles. The van der Waals surface area contributed by atoms with E-state index >= 15 is 0 Å². The fourth-order valence-electron chi connectivity index (χ4n) is 2.40. The van der Waals surface area contributed by atoms with Crippen molar-refractivity contribution < 1.29 is 27.1 Å². The number of hydrogen-bond acceptors (Lipinski definition) is 6. The summed E-state index contributed by atoms with van der Waals surface area (Å²) in [6.07, 6.45) is -0.468. The summed E-state index contributed by atoms with van der Waals surface area (Å²) in [5.41, 5.74) is 0.0245. The van der Waals surface area contributed by atoms with Crippen LogP contribution in [0, 0.1) is 0 Å². The van der Waals surface area contributed by atoms with Crippen molar-refractivity contribution in [2.45, 2.75) is 18.8 Å². The highest BCUT2D eigenvalue weighted by molar-refractivity contribution is 5.09. The Kier molecular flexibility index (Phi) is 5.00. The number of halogens is 3. The van der Waals surface area contributed by atoms with E-state index in [9.17, 15) is 13.2 Å². The van der Waals surface area contributed by atoms with Gasteiger partial charge in [0.2, 0.25) is 0 Å². The first kappa shape index (κ1) is 16.7. The molecule has 3 rings (SSSR count). The summed E-state index contributed by atoms with van der Waals surface area (Å²) in [5, 5.41) is 0. The van der Waals surface area contributed by atoms with Crippen molar-refractivity contribution in [2.24, 2.45) is 0 Å². The molecule has 0 N–H and O–H groups in total. The quantitative estimate of drug-likeness (QED) is 0.831. The molecule has 0 amide bonds. The highest BCUT2D eigenvalue weighted by Gasteiger charge is 2.33. The second-order valence-corrected chi connectivity index (χ2v) is 5.39. The summed E-state index contributed by atoms with van der Waals surface area (Å²) in [4.78, 5) is 9.23. The van der Waals surface area contributed by atoms with E-state index in [1.165, 1.54) is 0 Å². The molecule has 6 nitrogen and oxygen atoms in total. The Morgan fingerprint density at radius 3 is 2.96 bits per heavy atom. The molecule has 1 aliphatic heterocycles. The number of morpholine rings is 1. The fourth-order valence-corrected chi connectivity index (χ4v) is 2.40. The lowest BCUT2D eigenvalue weighted by Crippen LogP contribution is -2.44. The van der Waals surface area contributed by atoms with E-state index < -0.39 is 11.9 Å². The number of aromatic nitrogens is 2. The third-order valence-corrected chi connectivity index (χ3v) is 3.53. The molecular weight excluding hydrogens is 327 g/mol. The number of furan rings is 1. The van der Waals surface area contributed by atoms with Crippen molar-refractivity contribution in [3.63, 3.8) is 0 Å². The summed E-state index contributed by atoms with van der Waals surface area (Å²) in [7, 11) is 0. The fraction of sp³-hybridized carbons (Fsp3) is 0.467.